The number of ether oxygens (including phenoxy) is 1. The van der Waals surface area contributed by atoms with Gasteiger partial charge in [-0.2, -0.15) is 5.26 Å². The largest absolute Gasteiger partial charge is 0.488 e. The number of quaternary nitrogens is 2. The average Bonchev–Trinajstić information content (AvgIpc) is 2.74. The van der Waals surface area contributed by atoms with Gasteiger partial charge in [0.15, 0.2) is 6.04 Å². The highest BCUT2D eigenvalue weighted by molar-refractivity contribution is 5.93. The zero-order chi connectivity index (χ0) is 19.8. The molecule has 3 N–H and O–H groups in total. The molecule has 0 spiro atoms. The van der Waals surface area contributed by atoms with Crippen molar-refractivity contribution in [3.8, 4) is 11.8 Å². The minimum Gasteiger partial charge on any atom is -0.488 e. The van der Waals surface area contributed by atoms with E-state index in [1.165, 1.54) is 9.80 Å². The number of amides is 1. The summed E-state index contributed by atoms with van der Waals surface area (Å²) in [6.07, 6.45) is 0. The number of carbonyl (C=O) groups excluding carboxylic acids is 1. The number of nitriles is 1. The third-order valence-corrected chi connectivity index (χ3v) is 5.33. The summed E-state index contributed by atoms with van der Waals surface area (Å²) in [7, 11) is 0. The van der Waals surface area contributed by atoms with E-state index in [0.29, 0.717) is 17.9 Å². The van der Waals surface area contributed by atoms with Gasteiger partial charge in [0.1, 0.15) is 45.1 Å². The van der Waals surface area contributed by atoms with Crippen LogP contribution in [0.2, 0.25) is 0 Å². The van der Waals surface area contributed by atoms with Crippen LogP contribution in [0.15, 0.2) is 54.6 Å². The fourth-order valence-corrected chi connectivity index (χ4v) is 3.54. The predicted octanol–water partition coefficient (Wildman–Crippen LogP) is -0.252. The summed E-state index contributed by atoms with van der Waals surface area (Å²) < 4.78 is 5.79. The second-order valence-electron chi connectivity index (χ2n) is 7.22. The van der Waals surface area contributed by atoms with Crippen molar-refractivity contribution < 1.29 is 19.3 Å². The lowest BCUT2D eigenvalue weighted by Crippen LogP contribution is -3.30. The Morgan fingerprint density at radius 1 is 1.14 bits per heavy atom. The third-order valence-electron chi connectivity index (χ3n) is 5.33. The van der Waals surface area contributed by atoms with Crippen molar-refractivity contribution in [1.29, 1.82) is 5.26 Å². The molecule has 28 heavy (non-hydrogen) atoms. The molecule has 1 heterocycles. The first-order valence-corrected chi connectivity index (χ1v) is 9.83. The van der Waals surface area contributed by atoms with Gasteiger partial charge in [-0.05, 0) is 37.3 Å². The molecule has 1 atom stereocenters. The van der Waals surface area contributed by atoms with Crippen molar-refractivity contribution in [1.82, 2.24) is 0 Å². The maximum atomic E-state index is 12.6. The van der Waals surface area contributed by atoms with Gasteiger partial charge in [0, 0.05) is 5.69 Å². The average molecular weight is 380 g/mol. The molecule has 1 saturated heterocycles. The van der Waals surface area contributed by atoms with Crippen LogP contribution in [0.3, 0.4) is 0 Å². The van der Waals surface area contributed by atoms with Crippen LogP contribution in [0.1, 0.15) is 12.5 Å². The standard InChI is InChI=1S/C22H26N4O2/c1-18(22(27)24-20-7-5-6-19(16-20)17-23)26-12-10-25(11-13-26)14-15-28-21-8-3-2-4-9-21/h2-9,16,18H,10-15H2,1H3,(H,24,27)/p+2/t18-/m0/s1. The van der Waals surface area contributed by atoms with Crippen molar-refractivity contribution in [3.63, 3.8) is 0 Å². The van der Waals surface area contributed by atoms with Crippen molar-refractivity contribution in [2.45, 2.75) is 13.0 Å². The number of piperazine rings is 1. The Morgan fingerprint density at radius 2 is 1.89 bits per heavy atom. The molecular formula is C22H28N4O2+2. The Kier molecular flexibility index (Phi) is 7.01. The fourth-order valence-electron chi connectivity index (χ4n) is 3.54. The Bertz CT molecular complexity index is 811. The number of hydrogen-bond acceptors (Lipinski definition) is 3. The number of benzene rings is 2. The summed E-state index contributed by atoms with van der Waals surface area (Å²) in [6, 6.07) is 18.9. The van der Waals surface area contributed by atoms with Gasteiger partial charge in [0.25, 0.3) is 5.91 Å². The van der Waals surface area contributed by atoms with Crippen molar-refractivity contribution in [2.75, 3.05) is 44.6 Å². The molecule has 1 aliphatic rings. The fraction of sp³-hybridized carbons (Fsp3) is 0.364. The molecular weight excluding hydrogens is 352 g/mol. The van der Waals surface area contributed by atoms with Crippen LogP contribution in [0, 0.1) is 11.3 Å². The Labute approximate surface area is 166 Å². The molecule has 0 radical (unpaired) electrons. The van der Waals surface area contributed by atoms with Gasteiger partial charge in [-0.15, -0.1) is 0 Å². The zero-order valence-corrected chi connectivity index (χ0v) is 16.3. The van der Waals surface area contributed by atoms with Gasteiger partial charge >= 0.3 is 0 Å². The first-order valence-electron chi connectivity index (χ1n) is 9.83. The molecule has 0 bridgehead atoms. The molecule has 0 aliphatic carbocycles. The highest BCUT2D eigenvalue weighted by Gasteiger charge is 2.30. The molecule has 1 aliphatic heterocycles. The molecule has 1 fully saturated rings. The monoisotopic (exact) mass is 380 g/mol. The summed E-state index contributed by atoms with van der Waals surface area (Å²) in [5, 5.41) is 11.9. The third kappa shape index (κ3) is 5.56. The van der Waals surface area contributed by atoms with Crippen LogP contribution in [0.4, 0.5) is 5.69 Å². The van der Waals surface area contributed by atoms with E-state index in [1.54, 1.807) is 18.2 Å². The lowest BCUT2D eigenvalue weighted by molar-refractivity contribution is -1.02. The van der Waals surface area contributed by atoms with Crippen LogP contribution >= 0.6 is 0 Å². The maximum absolute atomic E-state index is 12.6. The highest BCUT2D eigenvalue weighted by atomic mass is 16.5. The first kappa shape index (κ1) is 19.9. The summed E-state index contributed by atoms with van der Waals surface area (Å²) in [5.74, 6) is 0.915. The van der Waals surface area contributed by atoms with Crippen molar-refractivity contribution in [2.24, 2.45) is 0 Å². The number of nitrogens with zero attached hydrogens (tertiary/aromatic N) is 1. The van der Waals surface area contributed by atoms with E-state index < -0.39 is 0 Å². The molecule has 6 nitrogen and oxygen atoms in total. The Morgan fingerprint density at radius 3 is 2.61 bits per heavy atom. The van der Waals surface area contributed by atoms with Crippen LogP contribution in [-0.4, -0.2) is 51.3 Å². The minimum absolute atomic E-state index is 0.000880. The lowest BCUT2D eigenvalue weighted by atomic mass is 10.2. The van der Waals surface area contributed by atoms with Gasteiger partial charge in [0.05, 0.1) is 11.6 Å². The molecule has 3 rings (SSSR count). The molecule has 0 saturated carbocycles. The zero-order valence-electron chi connectivity index (χ0n) is 16.3. The topological polar surface area (TPSA) is 71.0 Å². The van der Waals surface area contributed by atoms with Crippen LogP contribution in [0.5, 0.6) is 5.75 Å². The van der Waals surface area contributed by atoms with Crippen LogP contribution in [-0.2, 0) is 4.79 Å². The second-order valence-corrected chi connectivity index (χ2v) is 7.22. The molecule has 0 aromatic heterocycles. The van der Waals surface area contributed by atoms with Crippen LogP contribution in [0.25, 0.3) is 0 Å². The van der Waals surface area contributed by atoms with E-state index >= 15 is 0 Å². The van der Waals surface area contributed by atoms with E-state index in [0.717, 1.165) is 38.5 Å². The van der Waals surface area contributed by atoms with E-state index in [4.69, 9.17) is 10.00 Å². The number of anilines is 1. The van der Waals surface area contributed by atoms with Crippen molar-refractivity contribution in [3.05, 3.63) is 60.2 Å². The van der Waals surface area contributed by atoms with Crippen molar-refractivity contribution >= 4 is 11.6 Å². The summed E-state index contributed by atoms with van der Waals surface area (Å²) in [4.78, 5) is 15.4. The summed E-state index contributed by atoms with van der Waals surface area (Å²) in [5.41, 5.74) is 1.23. The normalized spacial score (nSPS) is 20.0. The molecule has 146 valence electrons. The highest BCUT2D eigenvalue weighted by Crippen LogP contribution is 2.10. The summed E-state index contributed by atoms with van der Waals surface area (Å²) in [6.45, 7) is 7.66. The molecule has 0 unspecified atom stereocenters. The molecule has 6 heteroatoms. The Balaban J connectivity index is 1.41. The van der Waals surface area contributed by atoms with Gasteiger partial charge in [-0.3, -0.25) is 4.79 Å². The van der Waals surface area contributed by atoms with Crippen LogP contribution < -0.4 is 19.9 Å². The molecule has 1 amide bonds. The minimum atomic E-state index is -0.118. The molecule has 2 aromatic rings. The predicted molar refractivity (Wildman–Crippen MR) is 107 cm³/mol. The van der Waals surface area contributed by atoms with E-state index in [-0.39, 0.29) is 11.9 Å². The second kappa shape index (κ2) is 9.88. The van der Waals surface area contributed by atoms with Gasteiger partial charge < -0.3 is 19.9 Å². The number of carbonyl (C=O) groups is 1. The molecule has 2 aromatic carbocycles. The quantitative estimate of drug-likeness (QED) is 0.620. The van der Waals surface area contributed by atoms with E-state index in [1.807, 2.05) is 43.3 Å². The first-order chi connectivity index (χ1) is 13.7. The Hall–Kier alpha value is -2.88. The smallest absolute Gasteiger partial charge is 0.282 e. The number of para-hydroxylation sites is 1. The van der Waals surface area contributed by atoms with Gasteiger partial charge in [-0.25, -0.2) is 0 Å². The SMILES string of the molecule is C[C@@H](C(=O)Nc1cccc(C#N)c1)[NH+]1CC[NH+](CCOc2ccccc2)CC1. The maximum Gasteiger partial charge on any atom is 0.282 e. The number of rotatable bonds is 7. The van der Waals surface area contributed by atoms with Gasteiger partial charge in [0.2, 0.25) is 0 Å². The number of hydrogen-bond donors (Lipinski definition) is 3. The van der Waals surface area contributed by atoms with E-state index in [2.05, 4.69) is 11.4 Å². The van der Waals surface area contributed by atoms with E-state index in [9.17, 15) is 4.79 Å². The number of nitrogens with one attached hydrogen (secondary N) is 3. The summed E-state index contributed by atoms with van der Waals surface area (Å²) >= 11 is 0. The lowest BCUT2D eigenvalue weighted by Gasteiger charge is -2.32. The van der Waals surface area contributed by atoms with Gasteiger partial charge in [-0.1, -0.05) is 24.3 Å².